The fraction of sp³-hybridized carbons (Fsp3) is 0.222. The maximum Gasteiger partial charge on any atom is 0.199 e. The summed E-state index contributed by atoms with van der Waals surface area (Å²) >= 11 is 12.3. The highest BCUT2D eigenvalue weighted by Crippen LogP contribution is 2.41. The number of carbonyl (C=O) groups excluding carboxylic acids is 2. The van der Waals surface area contributed by atoms with Gasteiger partial charge in [0.05, 0.1) is 38.9 Å². The molecule has 0 aliphatic heterocycles. The SMILES string of the molecule is O=C1c2c(O)ccc(Cl)c2C(=O)c2c(NCCNCCO)ccc(Cl)c21. The third kappa shape index (κ3) is 3.17. The molecule has 8 heteroatoms. The summed E-state index contributed by atoms with van der Waals surface area (Å²) in [4.78, 5) is 25.9. The molecule has 2 aromatic rings. The molecule has 3 rings (SSSR count). The van der Waals surface area contributed by atoms with Crippen molar-refractivity contribution >= 4 is 40.5 Å². The predicted octanol–water partition coefficient (Wildman–Crippen LogP) is 2.47. The first-order valence-corrected chi connectivity index (χ1v) is 8.71. The average Bonchev–Trinajstić information content (AvgIpc) is 2.62. The molecule has 2 aromatic carbocycles. The molecule has 0 bridgehead atoms. The number of aromatic hydroxyl groups is 1. The van der Waals surface area contributed by atoms with Crippen LogP contribution >= 0.6 is 23.2 Å². The maximum atomic E-state index is 13.0. The number of halogens is 2. The van der Waals surface area contributed by atoms with Crippen molar-refractivity contribution in [1.82, 2.24) is 5.32 Å². The number of aliphatic hydroxyl groups is 1. The lowest BCUT2D eigenvalue weighted by molar-refractivity contribution is 0.0977. The molecule has 0 spiro atoms. The van der Waals surface area contributed by atoms with Crippen LogP contribution in [0.4, 0.5) is 5.69 Å². The van der Waals surface area contributed by atoms with Crippen molar-refractivity contribution in [3.63, 3.8) is 0 Å². The number of aliphatic hydroxyl groups excluding tert-OH is 1. The van der Waals surface area contributed by atoms with E-state index in [4.69, 9.17) is 28.3 Å². The lowest BCUT2D eigenvalue weighted by atomic mass is 9.82. The van der Waals surface area contributed by atoms with Crippen LogP contribution in [0.15, 0.2) is 24.3 Å². The van der Waals surface area contributed by atoms with Gasteiger partial charge in [-0.1, -0.05) is 23.2 Å². The lowest BCUT2D eigenvalue weighted by Gasteiger charge is -2.23. The lowest BCUT2D eigenvalue weighted by Crippen LogP contribution is -2.27. The van der Waals surface area contributed by atoms with Gasteiger partial charge >= 0.3 is 0 Å². The molecule has 136 valence electrons. The van der Waals surface area contributed by atoms with Crippen LogP contribution in [-0.4, -0.2) is 48.0 Å². The molecular weight excluding hydrogens is 379 g/mol. The van der Waals surface area contributed by atoms with E-state index in [1.807, 2.05) is 0 Å². The van der Waals surface area contributed by atoms with Crippen molar-refractivity contribution in [2.75, 3.05) is 31.6 Å². The smallest absolute Gasteiger partial charge is 0.199 e. The van der Waals surface area contributed by atoms with Crippen LogP contribution < -0.4 is 10.6 Å². The summed E-state index contributed by atoms with van der Waals surface area (Å²) in [6, 6.07) is 5.81. The molecule has 0 unspecified atom stereocenters. The zero-order valence-corrected chi connectivity index (χ0v) is 15.1. The average molecular weight is 395 g/mol. The zero-order chi connectivity index (χ0) is 18.8. The highest BCUT2D eigenvalue weighted by molar-refractivity contribution is 6.43. The van der Waals surface area contributed by atoms with E-state index >= 15 is 0 Å². The highest BCUT2D eigenvalue weighted by Gasteiger charge is 2.37. The Hall–Kier alpha value is -2.12. The first kappa shape index (κ1) is 18.7. The Balaban J connectivity index is 2.04. The van der Waals surface area contributed by atoms with Crippen LogP contribution in [0.2, 0.25) is 10.0 Å². The van der Waals surface area contributed by atoms with Crippen molar-refractivity contribution in [3.05, 3.63) is 56.6 Å². The van der Waals surface area contributed by atoms with Crippen molar-refractivity contribution in [3.8, 4) is 5.75 Å². The number of hydrogen-bond donors (Lipinski definition) is 4. The molecule has 26 heavy (non-hydrogen) atoms. The van der Waals surface area contributed by atoms with E-state index in [-0.39, 0.29) is 44.7 Å². The minimum absolute atomic E-state index is 0.0205. The highest BCUT2D eigenvalue weighted by atomic mass is 35.5. The fourth-order valence-electron chi connectivity index (χ4n) is 2.94. The summed E-state index contributed by atoms with van der Waals surface area (Å²) in [5, 5.41) is 25.1. The van der Waals surface area contributed by atoms with E-state index in [1.165, 1.54) is 18.2 Å². The Labute approximate surface area is 159 Å². The molecule has 0 radical (unpaired) electrons. The van der Waals surface area contributed by atoms with Gasteiger partial charge in [-0.2, -0.15) is 0 Å². The van der Waals surface area contributed by atoms with Crippen LogP contribution in [0.5, 0.6) is 5.75 Å². The van der Waals surface area contributed by atoms with Crippen molar-refractivity contribution < 1.29 is 19.8 Å². The second kappa shape index (κ2) is 7.63. The standard InChI is InChI=1S/C18H16Cl2N2O4/c19-9-1-3-11(22-6-5-21-7-8-23)15-13(9)18(26)16-12(24)4-2-10(20)14(16)17(15)25/h1-4,21-24H,5-8H2. The van der Waals surface area contributed by atoms with Gasteiger partial charge in [0.15, 0.2) is 11.6 Å². The number of benzene rings is 2. The zero-order valence-electron chi connectivity index (χ0n) is 13.6. The molecule has 0 amide bonds. The third-order valence-electron chi connectivity index (χ3n) is 4.10. The van der Waals surface area contributed by atoms with Crippen LogP contribution in [0.25, 0.3) is 0 Å². The molecule has 1 aliphatic rings. The minimum Gasteiger partial charge on any atom is -0.507 e. The summed E-state index contributed by atoms with van der Waals surface area (Å²) in [7, 11) is 0. The van der Waals surface area contributed by atoms with Crippen LogP contribution in [0.3, 0.4) is 0 Å². The maximum absolute atomic E-state index is 13.0. The molecule has 0 saturated heterocycles. The number of rotatable bonds is 6. The largest absolute Gasteiger partial charge is 0.507 e. The normalized spacial score (nSPS) is 12.7. The predicted molar refractivity (Wildman–Crippen MR) is 99.9 cm³/mol. The minimum atomic E-state index is -0.540. The van der Waals surface area contributed by atoms with E-state index in [2.05, 4.69) is 10.6 Å². The molecule has 0 fully saturated rings. The molecule has 0 saturated carbocycles. The summed E-state index contributed by atoms with van der Waals surface area (Å²) in [6.45, 7) is 1.51. The molecule has 0 aromatic heterocycles. The summed E-state index contributed by atoms with van der Waals surface area (Å²) < 4.78 is 0. The number of anilines is 1. The number of carbonyl (C=O) groups is 2. The van der Waals surface area contributed by atoms with Gasteiger partial charge in [0, 0.05) is 25.3 Å². The Kier molecular flexibility index (Phi) is 5.48. The van der Waals surface area contributed by atoms with Gasteiger partial charge in [-0.15, -0.1) is 0 Å². The summed E-state index contributed by atoms with van der Waals surface area (Å²) in [5.74, 6) is -1.32. The molecule has 0 atom stereocenters. The van der Waals surface area contributed by atoms with Crippen LogP contribution in [0.1, 0.15) is 31.8 Å². The first-order chi connectivity index (χ1) is 12.5. The number of phenolic OH excluding ortho intramolecular Hbond substituents is 1. The van der Waals surface area contributed by atoms with Gasteiger partial charge in [-0.05, 0) is 24.3 Å². The molecule has 4 N–H and O–H groups in total. The van der Waals surface area contributed by atoms with Gasteiger partial charge in [0.25, 0.3) is 0 Å². The quantitative estimate of drug-likeness (QED) is 0.479. The fourth-order valence-corrected chi connectivity index (χ4v) is 3.43. The third-order valence-corrected chi connectivity index (χ3v) is 4.73. The number of hydrogen-bond acceptors (Lipinski definition) is 6. The summed E-state index contributed by atoms with van der Waals surface area (Å²) in [6.07, 6.45) is 0. The number of phenols is 1. The second-order valence-corrected chi connectivity index (χ2v) is 6.53. The van der Waals surface area contributed by atoms with E-state index in [0.29, 0.717) is 25.3 Å². The number of ketones is 2. The number of nitrogens with one attached hydrogen (secondary N) is 2. The van der Waals surface area contributed by atoms with Crippen molar-refractivity contribution in [2.24, 2.45) is 0 Å². The van der Waals surface area contributed by atoms with Crippen molar-refractivity contribution in [1.29, 1.82) is 0 Å². The van der Waals surface area contributed by atoms with Gasteiger partial charge < -0.3 is 20.8 Å². The monoisotopic (exact) mass is 394 g/mol. The Bertz CT molecular complexity index is 899. The Morgan fingerprint density at radius 1 is 0.808 bits per heavy atom. The van der Waals surface area contributed by atoms with E-state index in [0.717, 1.165) is 0 Å². The topological polar surface area (TPSA) is 98.7 Å². The van der Waals surface area contributed by atoms with Gasteiger partial charge in [-0.25, -0.2) is 0 Å². The van der Waals surface area contributed by atoms with Gasteiger partial charge in [-0.3, -0.25) is 9.59 Å². The van der Waals surface area contributed by atoms with Crippen LogP contribution in [-0.2, 0) is 0 Å². The van der Waals surface area contributed by atoms with E-state index in [1.54, 1.807) is 6.07 Å². The first-order valence-electron chi connectivity index (χ1n) is 7.96. The van der Waals surface area contributed by atoms with E-state index < -0.39 is 11.6 Å². The van der Waals surface area contributed by atoms with Crippen molar-refractivity contribution in [2.45, 2.75) is 0 Å². The Morgan fingerprint density at radius 2 is 1.42 bits per heavy atom. The molecule has 0 heterocycles. The summed E-state index contributed by atoms with van der Waals surface area (Å²) in [5.41, 5.74) is 0.505. The number of fused-ring (bicyclic) bond motifs is 2. The second-order valence-electron chi connectivity index (χ2n) is 5.72. The van der Waals surface area contributed by atoms with Crippen LogP contribution in [0, 0.1) is 0 Å². The van der Waals surface area contributed by atoms with Gasteiger partial charge in [0.1, 0.15) is 5.75 Å². The molecule has 6 nitrogen and oxygen atoms in total. The Morgan fingerprint density at radius 3 is 2.12 bits per heavy atom. The molecule has 1 aliphatic carbocycles. The van der Waals surface area contributed by atoms with Gasteiger partial charge in [0.2, 0.25) is 0 Å². The van der Waals surface area contributed by atoms with E-state index in [9.17, 15) is 14.7 Å². The molecular formula is C18H16Cl2N2O4.